The second-order valence-corrected chi connectivity index (χ2v) is 5.22. The third-order valence-corrected chi connectivity index (χ3v) is 4.14. The van der Waals surface area contributed by atoms with Gasteiger partial charge in [0.2, 0.25) is 5.91 Å². The molecule has 1 saturated heterocycles. The number of terminal acetylenes is 1. The van der Waals surface area contributed by atoms with E-state index in [4.69, 9.17) is 6.42 Å². The van der Waals surface area contributed by atoms with E-state index in [1.165, 1.54) is 0 Å². The fraction of sp³-hybridized carbons (Fsp3) is 0.471. The molecule has 0 bridgehead atoms. The normalized spacial score (nSPS) is 17.2. The van der Waals surface area contributed by atoms with Crippen LogP contribution in [-0.4, -0.2) is 37.0 Å². The first-order chi connectivity index (χ1) is 9.74. The predicted octanol–water partition coefficient (Wildman–Crippen LogP) is 1.79. The molecule has 20 heavy (non-hydrogen) atoms. The summed E-state index contributed by atoms with van der Waals surface area (Å²) in [5, 5.41) is 3.34. The highest BCUT2D eigenvalue weighted by Crippen LogP contribution is 2.35. The van der Waals surface area contributed by atoms with Gasteiger partial charge in [0.25, 0.3) is 0 Å². The van der Waals surface area contributed by atoms with Gasteiger partial charge in [-0.05, 0) is 38.4 Å². The van der Waals surface area contributed by atoms with Gasteiger partial charge in [-0.2, -0.15) is 0 Å². The van der Waals surface area contributed by atoms with Gasteiger partial charge in [0.05, 0.1) is 12.0 Å². The van der Waals surface area contributed by atoms with Crippen molar-refractivity contribution in [3.8, 4) is 12.3 Å². The number of piperidine rings is 1. The first-order valence-corrected chi connectivity index (χ1v) is 7.23. The Morgan fingerprint density at radius 3 is 2.55 bits per heavy atom. The number of nitrogens with one attached hydrogen (secondary N) is 1. The minimum atomic E-state index is -0.417. The van der Waals surface area contributed by atoms with Gasteiger partial charge in [-0.25, -0.2) is 0 Å². The van der Waals surface area contributed by atoms with Crippen LogP contribution >= 0.6 is 0 Å². The summed E-state index contributed by atoms with van der Waals surface area (Å²) < 4.78 is 0. The second kappa shape index (κ2) is 6.58. The molecule has 1 aliphatic rings. The molecule has 1 aromatic carbocycles. The molecular weight excluding hydrogens is 248 g/mol. The summed E-state index contributed by atoms with van der Waals surface area (Å²) in [5.74, 6) is 2.77. The number of amides is 1. The Kier molecular flexibility index (Phi) is 4.81. The van der Waals surface area contributed by atoms with Crippen LogP contribution in [0.3, 0.4) is 0 Å². The van der Waals surface area contributed by atoms with Crippen LogP contribution in [0.2, 0.25) is 0 Å². The lowest BCUT2D eigenvalue weighted by Crippen LogP contribution is -2.52. The highest BCUT2D eigenvalue weighted by Gasteiger charge is 2.42. The highest BCUT2D eigenvalue weighted by molar-refractivity contribution is 5.88. The SMILES string of the molecule is C#CCN(CC)C(=O)C1(c2ccccc2)CCNCC1. The molecule has 1 heterocycles. The Morgan fingerprint density at radius 2 is 2.00 bits per heavy atom. The molecule has 1 N–H and O–H groups in total. The van der Waals surface area contributed by atoms with Crippen LogP contribution in [0, 0.1) is 12.3 Å². The number of hydrogen-bond acceptors (Lipinski definition) is 2. The minimum Gasteiger partial charge on any atom is -0.331 e. The van der Waals surface area contributed by atoms with Crippen molar-refractivity contribution in [2.24, 2.45) is 0 Å². The lowest BCUT2D eigenvalue weighted by atomic mass is 9.72. The number of carbonyl (C=O) groups is 1. The van der Waals surface area contributed by atoms with E-state index in [1.807, 2.05) is 25.1 Å². The van der Waals surface area contributed by atoms with Gasteiger partial charge in [0.1, 0.15) is 0 Å². The largest absolute Gasteiger partial charge is 0.331 e. The Hall–Kier alpha value is -1.79. The number of benzene rings is 1. The topological polar surface area (TPSA) is 32.3 Å². The van der Waals surface area contributed by atoms with Crippen molar-refractivity contribution in [2.45, 2.75) is 25.2 Å². The fourth-order valence-electron chi connectivity index (χ4n) is 2.98. The molecule has 1 aromatic rings. The maximum Gasteiger partial charge on any atom is 0.234 e. The van der Waals surface area contributed by atoms with Crippen LogP contribution in [0.4, 0.5) is 0 Å². The smallest absolute Gasteiger partial charge is 0.234 e. The quantitative estimate of drug-likeness (QED) is 0.846. The van der Waals surface area contributed by atoms with Crippen LogP contribution in [0.25, 0.3) is 0 Å². The molecule has 2 rings (SSSR count). The van der Waals surface area contributed by atoms with E-state index in [-0.39, 0.29) is 5.91 Å². The molecule has 1 fully saturated rings. The number of carbonyl (C=O) groups excluding carboxylic acids is 1. The molecule has 0 aromatic heterocycles. The van der Waals surface area contributed by atoms with E-state index in [1.54, 1.807) is 4.90 Å². The maximum absolute atomic E-state index is 13.0. The van der Waals surface area contributed by atoms with E-state index in [2.05, 4.69) is 23.4 Å². The lowest BCUT2D eigenvalue weighted by molar-refractivity contribution is -0.137. The molecule has 0 atom stereocenters. The summed E-state index contributed by atoms with van der Waals surface area (Å²) in [4.78, 5) is 14.8. The third kappa shape index (κ3) is 2.71. The van der Waals surface area contributed by atoms with E-state index in [0.29, 0.717) is 13.1 Å². The van der Waals surface area contributed by atoms with Gasteiger partial charge in [-0.3, -0.25) is 4.79 Å². The Balaban J connectivity index is 2.37. The zero-order valence-electron chi connectivity index (χ0n) is 12.1. The van der Waals surface area contributed by atoms with Crippen LogP contribution in [0.5, 0.6) is 0 Å². The molecular formula is C17H22N2O. The molecule has 0 unspecified atom stereocenters. The monoisotopic (exact) mass is 270 g/mol. The van der Waals surface area contributed by atoms with Crippen molar-refractivity contribution in [2.75, 3.05) is 26.2 Å². The number of nitrogens with zero attached hydrogens (tertiary/aromatic N) is 1. The first-order valence-electron chi connectivity index (χ1n) is 7.23. The van der Waals surface area contributed by atoms with Crippen LogP contribution < -0.4 is 5.32 Å². The number of hydrogen-bond donors (Lipinski definition) is 1. The zero-order chi connectivity index (χ0) is 14.4. The highest BCUT2D eigenvalue weighted by atomic mass is 16.2. The number of rotatable bonds is 4. The molecule has 106 valence electrons. The molecule has 1 amide bonds. The molecule has 1 aliphatic heterocycles. The summed E-state index contributed by atoms with van der Waals surface area (Å²) in [5.41, 5.74) is 0.696. The van der Waals surface area contributed by atoms with Gasteiger partial charge < -0.3 is 10.2 Å². The van der Waals surface area contributed by atoms with Crippen LogP contribution in [-0.2, 0) is 10.2 Å². The summed E-state index contributed by atoms with van der Waals surface area (Å²) >= 11 is 0. The van der Waals surface area contributed by atoms with E-state index < -0.39 is 5.41 Å². The second-order valence-electron chi connectivity index (χ2n) is 5.22. The van der Waals surface area contributed by atoms with E-state index in [0.717, 1.165) is 31.5 Å². The average molecular weight is 270 g/mol. The van der Waals surface area contributed by atoms with Crippen molar-refractivity contribution in [3.63, 3.8) is 0 Å². The average Bonchev–Trinajstić information content (AvgIpc) is 2.53. The predicted molar refractivity (Wildman–Crippen MR) is 81.3 cm³/mol. The lowest BCUT2D eigenvalue weighted by Gasteiger charge is -2.40. The van der Waals surface area contributed by atoms with Crippen molar-refractivity contribution < 1.29 is 4.79 Å². The summed E-state index contributed by atoms with van der Waals surface area (Å²) in [7, 11) is 0. The third-order valence-electron chi connectivity index (χ3n) is 4.14. The maximum atomic E-state index is 13.0. The van der Waals surface area contributed by atoms with Crippen molar-refractivity contribution in [3.05, 3.63) is 35.9 Å². The molecule has 3 heteroatoms. The van der Waals surface area contributed by atoms with Crippen LogP contribution in [0.15, 0.2) is 30.3 Å². The zero-order valence-corrected chi connectivity index (χ0v) is 12.1. The summed E-state index contributed by atoms with van der Waals surface area (Å²) in [6.07, 6.45) is 7.06. The van der Waals surface area contributed by atoms with Crippen molar-refractivity contribution in [1.82, 2.24) is 10.2 Å². The van der Waals surface area contributed by atoms with Crippen molar-refractivity contribution >= 4 is 5.91 Å². The van der Waals surface area contributed by atoms with Gasteiger partial charge >= 0.3 is 0 Å². The van der Waals surface area contributed by atoms with Gasteiger partial charge in [0, 0.05) is 6.54 Å². The standard InChI is InChI=1S/C17H22N2O/c1-3-14-19(4-2)16(20)17(10-12-18-13-11-17)15-8-6-5-7-9-15/h1,5-9,18H,4,10-14H2,2H3. The fourth-order valence-corrected chi connectivity index (χ4v) is 2.98. The van der Waals surface area contributed by atoms with Crippen molar-refractivity contribution in [1.29, 1.82) is 0 Å². The minimum absolute atomic E-state index is 0.172. The van der Waals surface area contributed by atoms with E-state index >= 15 is 0 Å². The number of likely N-dealkylation sites (N-methyl/N-ethyl adjacent to an activating group) is 1. The molecule has 3 nitrogen and oxygen atoms in total. The molecule has 0 spiro atoms. The molecule has 0 radical (unpaired) electrons. The summed E-state index contributed by atoms with van der Waals surface area (Å²) in [6.45, 7) is 4.76. The Bertz CT molecular complexity index is 483. The van der Waals surface area contributed by atoms with Gasteiger partial charge in [-0.15, -0.1) is 6.42 Å². The molecule has 0 aliphatic carbocycles. The van der Waals surface area contributed by atoms with Crippen LogP contribution in [0.1, 0.15) is 25.3 Å². The van der Waals surface area contributed by atoms with Gasteiger partial charge in [0.15, 0.2) is 0 Å². The van der Waals surface area contributed by atoms with Gasteiger partial charge in [-0.1, -0.05) is 36.3 Å². The molecule has 0 saturated carbocycles. The Labute approximate surface area is 121 Å². The summed E-state index contributed by atoms with van der Waals surface area (Å²) in [6, 6.07) is 10.1. The Morgan fingerprint density at radius 1 is 1.35 bits per heavy atom. The van der Waals surface area contributed by atoms with E-state index in [9.17, 15) is 4.79 Å². The first kappa shape index (κ1) is 14.6.